The molecule has 0 radical (unpaired) electrons. The van der Waals surface area contributed by atoms with Crippen LogP contribution >= 0.6 is 11.6 Å². The monoisotopic (exact) mass is 376 g/mol. The van der Waals surface area contributed by atoms with Gasteiger partial charge in [-0.2, -0.15) is 0 Å². The highest BCUT2D eigenvalue weighted by Gasteiger charge is 2.51. The van der Waals surface area contributed by atoms with E-state index in [-0.39, 0.29) is 18.2 Å². The molecule has 0 aromatic heterocycles. The minimum absolute atomic E-state index is 0.0269. The zero-order valence-electron chi connectivity index (χ0n) is 14.4. The lowest BCUT2D eigenvalue weighted by molar-refractivity contribution is -0.132. The third-order valence-corrected chi connectivity index (χ3v) is 4.85. The van der Waals surface area contributed by atoms with Gasteiger partial charge < -0.3 is 10.1 Å². The number of amides is 3. The lowest BCUT2D eigenvalue weighted by Crippen LogP contribution is -2.43. The third-order valence-electron chi connectivity index (χ3n) is 4.60. The molecule has 1 fully saturated rings. The molecule has 1 heterocycles. The number of nitrogens with zero attached hydrogens (tertiary/aromatic N) is 1. The van der Waals surface area contributed by atoms with E-state index in [4.69, 9.17) is 16.3 Å². The van der Waals surface area contributed by atoms with Crippen LogP contribution in [0.15, 0.2) is 42.5 Å². The van der Waals surface area contributed by atoms with Gasteiger partial charge in [-0.3, -0.25) is 9.69 Å². The first-order valence-corrected chi connectivity index (χ1v) is 8.51. The van der Waals surface area contributed by atoms with E-state index in [9.17, 15) is 14.0 Å². The zero-order chi connectivity index (χ0) is 18.9. The van der Waals surface area contributed by atoms with Crippen molar-refractivity contribution in [1.29, 1.82) is 0 Å². The molecule has 0 saturated carbocycles. The number of ether oxygens (including phenoxy) is 1. The van der Waals surface area contributed by atoms with Crippen molar-refractivity contribution < 1.29 is 18.7 Å². The topological polar surface area (TPSA) is 58.6 Å². The van der Waals surface area contributed by atoms with Crippen molar-refractivity contribution >= 4 is 23.5 Å². The van der Waals surface area contributed by atoms with Crippen LogP contribution in [0.3, 0.4) is 0 Å². The summed E-state index contributed by atoms with van der Waals surface area (Å²) in [5, 5.41) is 3.33. The summed E-state index contributed by atoms with van der Waals surface area (Å²) < 4.78 is 18.8. The first kappa shape index (κ1) is 18.2. The van der Waals surface area contributed by atoms with Gasteiger partial charge in [0.1, 0.15) is 5.54 Å². The predicted octanol–water partition coefficient (Wildman–Crippen LogP) is 3.85. The van der Waals surface area contributed by atoms with Gasteiger partial charge in [0.25, 0.3) is 5.91 Å². The van der Waals surface area contributed by atoms with Gasteiger partial charge in [-0.25, -0.2) is 9.18 Å². The fraction of sp³-hybridized carbons (Fsp3) is 0.263. The molecule has 136 valence electrons. The van der Waals surface area contributed by atoms with E-state index in [1.807, 2.05) is 6.92 Å². The van der Waals surface area contributed by atoms with E-state index in [0.29, 0.717) is 22.6 Å². The number of benzene rings is 2. The van der Waals surface area contributed by atoms with Gasteiger partial charge in [-0.15, -0.1) is 0 Å². The molecule has 0 bridgehead atoms. The summed E-state index contributed by atoms with van der Waals surface area (Å²) in [6.45, 7) is 1.80. The number of hydrogen-bond donors (Lipinski definition) is 1. The Morgan fingerprint density at radius 3 is 2.46 bits per heavy atom. The molecule has 1 aliphatic heterocycles. The Kier molecular flexibility index (Phi) is 4.87. The molecular weight excluding hydrogens is 359 g/mol. The molecule has 3 rings (SSSR count). The van der Waals surface area contributed by atoms with Crippen LogP contribution in [-0.4, -0.2) is 23.9 Å². The average molecular weight is 377 g/mol. The first-order valence-electron chi connectivity index (χ1n) is 8.14. The number of urea groups is 1. The Morgan fingerprint density at radius 1 is 1.19 bits per heavy atom. The summed E-state index contributed by atoms with van der Waals surface area (Å²) in [5.74, 6) is -0.810. The molecule has 2 aromatic carbocycles. The predicted molar refractivity (Wildman–Crippen MR) is 95.5 cm³/mol. The Balaban J connectivity index is 1.90. The summed E-state index contributed by atoms with van der Waals surface area (Å²) >= 11 is 5.92. The van der Waals surface area contributed by atoms with Crippen LogP contribution in [0.25, 0.3) is 0 Å². The molecule has 3 amide bonds. The number of methoxy groups -OCH3 is 1. The van der Waals surface area contributed by atoms with Crippen molar-refractivity contribution in [3.8, 4) is 5.75 Å². The van der Waals surface area contributed by atoms with Gasteiger partial charge in [0.05, 0.1) is 13.7 Å². The van der Waals surface area contributed by atoms with E-state index >= 15 is 0 Å². The van der Waals surface area contributed by atoms with Crippen molar-refractivity contribution in [2.75, 3.05) is 7.11 Å². The smallest absolute Gasteiger partial charge is 0.325 e. The molecule has 1 aliphatic rings. The van der Waals surface area contributed by atoms with Crippen molar-refractivity contribution in [2.45, 2.75) is 25.4 Å². The number of nitrogens with one attached hydrogen (secondary N) is 1. The molecule has 0 aliphatic carbocycles. The Labute approximate surface area is 155 Å². The molecule has 0 spiro atoms. The Hall–Kier alpha value is -2.60. The molecule has 1 N–H and O–H groups in total. The van der Waals surface area contributed by atoms with Gasteiger partial charge in [0.15, 0.2) is 11.6 Å². The second kappa shape index (κ2) is 6.96. The molecule has 1 atom stereocenters. The average Bonchev–Trinajstić information content (AvgIpc) is 2.87. The maximum absolute atomic E-state index is 13.9. The van der Waals surface area contributed by atoms with Crippen LogP contribution < -0.4 is 10.1 Å². The molecule has 5 nitrogen and oxygen atoms in total. The van der Waals surface area contributed by atoms with Gasteiger partial charge in [0.2, 0.25) is 0 Å². The summed E-state index contributed by atoms with van der Waals surface area (Å²) in [6.07, 6.45) is 0.382. The SMILES string of the molecule is CC[C@@]1(c2ccc(Cl)cc2)NC(=O)N(Cc2ccc(OC)c(F)c2)C1=O. The number of rotatable bonds is 5. The van der Waals surface area contributed by atoms with Crippen molar-refractivity contribution in [3.63, 3.8) is 0 Å². The highest BCUT2D eigenvalue weighted by molar-refractivity contribution is 6.30. The molecule has 7 heteroatoms. The lowest BCUT2D eigenvalue weighted by Gasteiger charge is -2.26. The van der Waals surface area contributed by atoms with Crippen LogP contribution in [-0.2, 0) is 16.9 Å². The maximum Gasteiger partial charge on any atom is 0.325 e. The van der Waals surface area contributed by atoms with Gasteiger partial charge >= 0.3 is 6.03 Å². The van der Waals surface area contributed by atoms with Crippen LogP contribution in [0.4, 0.5) is 9.18 Å². The number of imide groups is 1. The van der Waals surface area contributed by atoms with Gasteiger partial charge in [-0.1, -0.05) is 36.7 Å². The summed E-state index contributed by atoms with van der Waals surface area (Å²) in [7, 11) is 1.37. The summed E-state index contributed by atoms with van der Waals surface area (Å²) in [4.78, 5) is 26.6. The summed E-state index contributed by atoms with van der Waals surface area (Å²) in [5.41, 5.74) is 0.00753. The third kappa shape index (κ3) is 3.01. The van der Waals surface area contributed by atoms with Gasteiger partial charge in [-0.05, 0) is 41.8 Å². The largest absolute Gasteiger partial charge is 0.494 e. The minimum Gasteiger partial charge on any atom is -0.494 e. The van der Waals surface area contributed by atoms with E-state index < -0.39 is 17.4 Å². The summed E-state index contributed by atoms with van der Waals surface area (Å²) in [6, 6.07) is 10.6. The normalized spacial score (nSPS) is 19.6. The number of hydrogen-bond acceptors (Lipinski definition) is 3. The second-order valence-corrected chi connectivity index (χ2v) is 6.49. The molecular formula is C19H18ClFN2O3. The van der Waals surface area contributed by atoms with Crippen LogP contribution in [0.2, 0.25) is 5.02 Å². The lowest BCUT2D eigenvalue weighted by atomic mass is 9.87. The standard InChI is InChI=1S/C19H18ClFN2O3/c1-3-19(13-5-7-14(20)8-6-13)17(24)23(18(25)22-19)11-12-4-9-16(26-2)15(21)10-12/h4-10H,3,11H2,1-2H3,(H,22,25)/t19-/m0/s1. The van der Waals surface area contributed by atoms with E-state index in [1.165, 1.54) is 19.2 Å². The Morgan fingerprint density at radius 2 is 1.88 bits per heavy atom. The number of halogens is 2. The van der Waals surface area contributed by atoms with Crippen LogP contribution in [0.1, 0.15) is 24.5 Å². The van der Waals surface area contributed by atoms with Crippen molar-refractivity contribution in [3.05, 3.63) is 64.4 Å². The quantitative estimate of drug-likeness (QED) is 0.806. The second-order valence-electron chi connectivity index (χ2n) is 6.06. The van der Waals surface area contributed by atoms with Crippen LogP contribution in [0, 0.1) is 5.82 Å². The maximum atomic E-state index is 13.9. The first-order chi connectivity index (χ1) is 12.4. The van der Waals surface area contributed by atoms with Gasteiger partial charge in [0, 0.05) is 5.02 Å². The molecule has 26 heavy (non-hydrogen) atoms. The van der Waals surface area contributed by atoms with E-state index in [1.54, 1.807) is 30.3 Å². The number of carbonyl (C=O) groups is 2. The fourth-order valence-electron chi connectivity index (χ4n) is 3.13. The Bertz CT molecular complexity index is 856. The molecule has 1 saturated heterocycles. The van der Waals surface area contributed by atoms with Crippen LogP contribution in [0.5, 0.6) is 5.75 Å². The van der Waals surface area contributed by atoms with Crippen molar-refractivity contribution in [2.24, 2.45) is 0 Å². The minimum atomic E-state index is -1.15. The molecule has 0 unspecified atom stereocenters. The highest BCUT2D eigenvalue weighted by Crippen LogP contribution is 2.34. The number of carbonyl (C=O) groups excluding carboxylic acids is 2. The van der Waals surface area contributed by atoms with Crippen molar-refractivity contribution in [1.82, 2.24) is 10.2 Å². The van der Waals surface area contributed by atoms with E-state index in [0.717, 1.165) is 4.90 Å². The van der Waals surface area contributed by atoms with E-state index in [2.05, 4.69) is 5.32 Å². The highest BCUT2D eigenvalue weighted by atomic mass is 35.5. The molecule has 2 aromatic rings. The fourth-order valence-corrected chi connectivity index (χ4v) is 3.26. The zero-order valence-corrected chi connectivity index (χ0v) is 15.1.